The van der Waals surface area contributed by atoms with Gasteiger partial charge in [0.05, 0.1) is 6.54 Å². The van der Waals surface area contributed by atoms with E-state index in [4.69, 9.17) is 0 Å². The predicted octanol–water partition coefficient (Wildman–Crippen LogP) is 2.81. The molecule has 2 heterocycles. The zero-order valence-electron chi connectivity index (χ0n) is 11.1. The van der Waals surface area contributed by atoms with Crippen molar-refractivity contribution in [3.63, 3.8) is 0 Å². The van der Waals surface area contributed by atoms with Gasteiger partial charge >= 0.3 is 0 Å². The quantitative estimate of drug-likeness (QED) is 0.655. The third-order valence-corrected chi connectivity index (χ3v) is 3.78. The topological polar surface area (TPSA) is 48.5 Å². The molecular weight excluding hydrogens is 365 g/mol. The fourth-order valence-corrected chi connectivity index (χ4v) is 2.69. The summed E-state index contributed by atoms with van der Waals surface area (Å²) >= 11 is 2.31. The van der Waals surface area contributed by atoms with Crippen LogP contribution in [0.3, 0.4) is 0 Å². The fourth-order valence-electron chi connectivity index (χ4n) is 2.15. The zero-order chi connectivity index (χ0) is 13.9. The number of rotatable bonds is 4. The van der Waals surface area contributed by atoms with Crippen molar-refractivity contribution in [2.45, 2.75) is 20.0 Å². The Morgan fingerprint density at radius 3 is 2.95 bits per heavy atom. The lowest BCUT2D eigenvalue weighted by Crippen LogP contribution is -2.09. The summed E-state index contributed by atoms with van der Waals surface area (Å²) in [5.74, 6) is 1.89. The van der Waals surface area contributed by atoms with Crippen LogP contribution in [-0.4, -0.2) is 24.3 Å². The molecule has 0 unspecified atom stereocenters. The van der Waals surface area contributed by atoms with E-state index in [1.807, 2.05) is 23.1 Å². The average Bonchev–Trinajstić information content (AvgIpc) is 3.08. The molecule has 6 heteroatoms. The van der Waals surface area contributed by atoms with Crippen molar-refractivity contribution in [2.75, 3.05) is 0 Å². The number of aryl methyl sites for hydroxylation is 1. The first-order chi connectivity index (χ1) is 9.78. The van der Waals surface area contributed by atoms with Crippen LogP contribution in [0.2, 0.25) is 0 Å². The molecule has 0 spiro atoms. The Morgan fingerprint density at radius 1 is 1.25 bits per heavy atom. The van der Waals surface area contributed by atoms with E-state index in [2.05, 4.69) is 67.3 Å². The van der Waals surface area contributed by atoms with Gasteiger partial charge in [0.2, 0.25) is 0 Å². The molecule has 0 radical (unpaired) electrons. The van der Waals surface area contributed by atoms with Crippen LogP contribution < -0.4 is 0 Å². The first-order valence-corrected chi connectivity index (χ1v) is 7.49. The molecule has 1 aromatic carbocycles. The van der Waals surface area contributed by atoms with E-state index in [1.165, 1.54) is 3.57 Å². The second kappa shape index (κ2) is 5.74. The largest absolute Gasteiger partial charge is 0.323 e. The van der Waals surface area contributed by atoms with Gasteiger partial charge in [-0.2, -0.15) is 5.10 Å². The minimum absolute atomic E-state index is 0.675. The maximum atomic E-state index is 4.47. The van der Waals surface area contributed by atoms with Crippen molar-refractivity contribution >= 4 is 22.6 Å². The maximum Gasteiger partial charge on any atom is 0.146 e. The van der Waals surface area contributed by atoms with Gasteiger partial charge in [-0.3, -0.25) is 0 Å². The molecule has 102 valence electrons. The summed E-state index contributed by atoms with van der Waals surface area (Å²) in [5, 5.41) is 4.20. The Bertz CT molecular complexity index is 716. The van der Waals surface area contributed by atoms with Crippen LogP contribution in [0, 0.1) is 3.57 Å². The average molecular weight is 379 g/mol. The highest BCUT2D eigenvalue weighted by molar-refractivity contribution is 14.1. The van der Waals surface area contributed by atoms with Crippen molar-refractivity contribution in [1.82, 2.24) is 24.3 Å². The fraction of sp³-hybridized carbons (Fsp3) is 0.214. The van der Waals surface area contributed by atoms with Crippen molar-refractivity contribution in [3.8, 4) is 11.4 Å². The minimum Gasteiger partial charge on any atom is -0.323 e. The van der Waals surface area contributed by atoms with E-state index in [-0.39, 0.29) is 0 Å². The van der Waals surface area contributed by atoms with Crippen LogP contribution in [0.25, 0.3) is 11.4 Å². The molecule has 0 atom stereocenters. The molecule has 20 heavy (non-hydrogen) atoms. The summed E-state index contributed by atoms with van der Waals surface area (Å²) < 4.78 is 5.20. The molecule has 0 fully saturated rings. The Labute approximate surface area is 130 Å². The third kappa shape index (κ3) is 2.60. The van der Waals surface area contributed by atoms with Crippen LogP contribution >= 0.6 is 22.6 Å². The van der Waals surface area contributed by atoms with Crippen molar-refractivity contribution in [1.29, 1.82) is 0 Å². The van der Waals surface area contributed by atoms with Crippen molar-refractivity contribution < 1.29 is 0 Å². The van der Waals surface area contributed by atoms with E-state index < -0.39 is 0 Å². The van der Waals surface area contributed by atoms with Crippen molar-refractivity contribution in [2.24, 2.45) is 0 Å². The molecule has 3 rings (SSSR count). The lowest BCUT2D eigenvalue weighted by molar-refractivity contribution is 0.593. The van der Waals surface area contributed by atoms with E-state index in [0.717, 1.165) is 23.8 Å². The molecule has 0 saturated heterocycles. The van der Waals surface area contributed by atoms with Crippen molar-refractivity contribution in [3.05, 3.63) is 52.4 Å². The maximum absolute atomic E-state index is 4.47. The van der Waals surface area contributed by atoms with Gasteiger partial charge in [0.25, 0.3) is 0 Å². The summed E-state index contributed by atoms with van der Waals surface area (Å²) in [4.78, 5) is 8.78. The van der Waals surface area contributed by atoms with E-state index in [9.17, 15) is 0 Å². The number of nitrogens with zero attached hydrogens (tertiary/aromatic N) is 5. The molecule has 0 saturated carbocycles. The number of hydrogen-bond acceptors (Lipinski definition) is 3. The lowest BCUT2D eigenvalue weighted by Gasteiger charge is -2.08. The number of hydrogen-bond donors (Lipinski definition) is 0. The van der Waals surface area contributed by atoms with Gasteiger partial charge in [0.1, 0.15) is 18.0 Å². The van der Waals surface area contributed by atoms with Gasteiger partial charge in [-0.25, -0.2) is 14.6 Å². The number of benzene rings is 1. The summed E-state index contributed by atoms with van der Waals surface area (Å²) in [7, 11) is 0. The second-order valence-corrected chi connectivity index (χ2v) is 5.63. The first kappa shape index (κ1) is 13.3. The second-order valence-electron chi connectivity index (χ2n) is 4.38. The number of halogens is 1. The first-order valence-electron chi connectivity index (χ1n) is 6.41. The molecule has 0 bridgehead atoms. The molecule has 0 amide bonds. The normalized spacial score (nSPS) is 10.9. The summed E-state index contributed by atoms with van der Waals surface area (Å²) in [5.41, 5.74) is 1.12. The van der Waals surface area contributed by atoms with Gasteiger partial charge in [-0.05, 0) is 41.6 Å². The lowest BCUT2D eigenvalue weighted by atomic mass is 10.2. The SMILES string of the molecule is CCn1ncnc1Cn1ccnc1-c1cccc(I)c1. The number of imidazole rings is 1. The summed E-state index contributed by atoms with van der Waals surface area (Å²) in [6.45, 7) is 3.56. The molecule has 3 aromatic rings. The molecule has 0 aliphatic rings. The monoisotopic (exact) mass is 379 g/mol. The zero-order valence-corrected chi connectivity index (χ0v) is 13.2. The highest BCUT2D eigenvalue weighted by Crippen LogP contribution is 2.20. The Morgan fingerprint density at radius 2 is 2.15 bits per heavy atom. The standard InChI is InChI=1S/C14H14IN5/c1-2-20-13(17-10-18-20)9-19-7-6-16-14(19)11-4-3-5-12(15)8-11/h3-8,10H,2,9H2,1H3. The molecule has 0 aliphatic heterocycles. The Balaban J connectivity index is 1.95. The predicted molar refractivity (Wildman–Crippen MR) is 85.2 cm³/mol. The van der Waals surface area contributed by atoms with E-state index in [1.54, 1.807) is 6.33 Å². The summed E-state index contributed by atoms with van der Waals surface area (Å²) in [6.07, 6.45) is 5.40. The van der Waals surface area contributed by atoms with Gasteiger partial charge in [-0.15, -0.1) is 0 Å². The smallest absolute Gasteiger partial charge is 0.146 e. The summed E-state index contributed by atoms with van der Waals surface area (Å²) in [6, 6.07) is 8.32. The van der Waals surface area contributed by atoms with Gasteiger partial charge < -0.3 is 4.57 Å². The molecule has 0 aliphatic carbocycles. The van der Waals surface area contributed by atoms with Crippen LogP contribution in [0.1, 0.15) is 12.7 Å². The highest BCUT2D eigenvalue weighted by Gasteiger charge is 2.09. The van der Waals surface area contributed by atoms with Crippen LogP contribution in [0.5, 0.6) is 0 Å². The highest BCUT2D eigenvalue weighted by atomic mass is 127. The third-order valence-electron chi connectivity index (χ3n) is 3.11. The van der Waals surface area contributed by atoms with Crippen LogP contribution in [0.15, 0.2) is 43.0 Å². The van der Waals surface area contributed by atoms with Gasteiger partial charge in [0.15, 0.2) is 0 Å². The van der Waals surface area contributed by atoms with Gasteiger partial charge in [-0.1, -0.05) is 12.1 Å². The van der Waals surface area contributed by atoms with E-state index in [0.29, 0.717) is 6.54 Å². The van der Waals surface area contributed by atoms with Gasteiger partial charge in [0, 0.05) is 28.1 Å². The Hall–Kier alpha value is -1.70. The van der Waals surface area contributed by atoms with Crippen LogP contribution in [-0.2, 0) is 13.1 Å². The Kier molecular flexibility index (Phi) is 3.81. The van der Waals surface area contributed by atoms with E-state index >= 15 is 0 Å². The molecular formula is C14H14IN5. The minimum atomic E-state index is 0.675. The number of aromatic nitrogens is 5. The molecule has 0 N–H and O–H groups in total. The van der Waals surface area contributed by atoms with Crippen LogP contribution in [0.4, 0.5) is 0 Å². The molecule has 2 aromatic heterocycles. The molecule has 5 nitrogen and oxygen atoms in total.